The number of hydrogen-bond acceptors (Lipinski definition) is 3. The molecule has 0 fully saturated rings. The molecule has 0 aromatic carbocycles. The largest absolute Gasteiger partial charge is 0.481 e. The van der Waals surface area contributed by atoms with E-state index in [1.807, 2.05) is 0 Å². The minimum absolute atomic E-state index is 0.0602. The van der Waals surface area contributed by atoms with Gasteiger partial charge in [-0.3, -0.25) is 0 Å². The molecule has 5 heteroatoms. The van der Waals surface area contributed by atoms with Gasteiger partial charge >= 0.3 is 5.97 Å². The van der Waals surface area contributed by atoms with Gasteiger partial charge < -0.3 is 9.84 Å². The molecular formula is C8H8ClNO3. The van der Waals surface area contributed by atoms with Gasteiger partial charge in [0.1, 0.15) is 0 Å². The molecule has 0 amide bonds. The van der Waals surface area contributed by atoms with Crippen LogP contribution in [0.4, 0.5) is 0 Å². The Hall–Kier alpha value is -1.29. The van der Waals surface area contributed by atoms with Crippen molar-refractivity contribution >= 4 is 17.6 Å². The van der Waals surface area contributed by atoms with E-state index in [-0.39, 0.29) is 17.5 Å². The molecular weight excluding hydrogens is 194 g/mol. The average Bonchev–Trinajstić information content (AvgIpc) is 2.16. The maximum absolute atomic E-state index is 10.6. The van der Waals surface area contributed by atoms with Crippen molar-refractivity contribution in [1.82, 2.24) is 4.98 Å². The van der Waals surface area contributed by atoms with Crippen molar-refractivity contribution in [3.05, 3.63) is 23.4 Å². The predicted molar refractivity (Wildman–Crippen MR) is 47.3 cm³/mol. The van der Waals surface area contributed by atoms with E-state index in [9.17, 15) is 4.79 Å². The molecule has 0 atom stereocenters. The lowest BCUT2D eigenvalue weighted by Crippen LogP contribution is -2.02. The van der Waals surface area contributed by atoms with Gasteiger partial charge in [0, 0.05) is 11.9 Å². The van der Waals surface area contributed by atoms with Crippen molar-refractivity contribution in [2.75, 3.05) is 7.11 Å². The molecule has 0 spiro atoms. The molecule has 1 aromatic heterocycles. The van der Waals surface area contributed by atoms with Crippen molar-refractivity contribution in [2.45, 2.75) is 5.88 Å². The summed E-state index contributed by atoms with van der Waals surface area (Å²) in [6.07, 6.45) is 0. The minimum atomic E-state index is -1.09. The van der Waals surface area contributed by atoms with Crippen LogP contribution in [0.3, 0.4) is 0 Å². The Morgan fingerprint density at radius 3 is 2.85 bits per heavy atom. The number of hydrogen-bond donors (Lipinski definition) is 1. The van der Waals surface area contributed by atoms with Crippen LogP contribution in [0.2, 0.25) is 0 Å². The van der Waals surface area contributed by atoms with Gasteiger partial charge in [0.25, 0.3) is 0 Å². The molecule has 4 nitrogen and oxygen atoms in total. The van der Waals surface area contributed by atoms with E-state index in [1.54, 1.807) is 6.07 Å². The third-order valence-electron chi connectivity index (χ3n) is 1.44. The molecule has 1 N–H and O–H groups in total. The summed E-state index contributed by atoms with van der Waals surface area (Å²) in [6.45, 7) is 0. The fourth-order valence-corrected chi connectivity index (χ4v) is 1.00. The Morgan fingerprint density at radius 2 is 2.38 bits per heavy atom. The number of rotatable bonds is 3. The smallest absolute Gasteiger partial charge is 0.354 e. The van der Waals surface area contributed by atoms with E-state index < -0.39 is 5.97 Å². The molecule has 0 bridgehead atoms. The molecule has 0 aliphatic heterocycles. The zero-order valence-electron chi connectivity index (χ0n) is 6.95. The zero-order chi connectivity index (χ0) is 9.84. The summed E-state index contributed by atoms with van der Waals surface area (Å²) in [4.78, 5) is 14.3. The van der Waals surface area contributed by atoms with Crippen LogP contribution in [-0.4, -0.2) is 23.2 Å². The van der Waals surface area contributed by atoms with Crippen LogP contribution < -0.4 is 4.74 Å². The van der Waals surface area contributed by atoms with E-state index in [0.717, 1.165) is 0 Å². The molecule has 1 aromatic rings. The van der Waals surface area contributed by atoms with Crippen LogP contribution >= 0.6 is 11.6 Å². The Labute approximate surface area is 80.1 Å². The lowest BCUT2D eigenvalue weighted by atomic mass is 10.2. The van der Waals surface area contributed by atoms with E-state index in [4.69, 9.17) is 21.4 Å². The second kappa shape index (κ2) is 4.09. The number of alkyl halides is 1. The second-order valence-corrected chi connectivity index (χ2v) is 2.61. The highest BCUT2D eigenvalue weighted by Crippen LogP contribution is 2.14. The predicted octanol–water partition coefficient (Wildman–Crippen LogP) is 1.53. The monoisotopic (exact) mass is 201 g/mol. The van der Waals surface area contributed by atoms with E-state index in [2.05, 4.69) is 4.98 Å². The molecule has 0 aliphatic rings. The van der Waals surface area contributed by atoms with Crippen LogP contribution in [0.25, 0.3) is 0 Å². The van der Waals surface area contributed by atoms with Gasteiger partial charge in [-0.05, 0) is 11.6 Å². The number of carboxylic acid groups (broad SMARTS) is 1. The Bertz CT molecular complexity index is 305. The number of aromatic nitrogens is 1. The van der Waals surface area contributed by atoms with Crippen LogP contribution in [-0.2, 0) is 5.88 Å². The Kier molecular flexibility index (Phi) is 3.08. The zero-order valence-corrected chi connectivity index (χ0v) is 7.71. The van der Waals surface area contributed by atoms with E-state index in [1.165, 1.54) is 13.2 Å². The molecule has 0 aliphatic carbocycles. The van der Waals surface area contributed by atoms with Gasteiger partial charge in [-0.2, -0.15) is 0 Å². The summed E-state index contributed by atoms with van der Waals surface area (Å²) in [5, 5.41) is 8.66. The molecule has 1 rings (SSSR count). The summed E-state index contributed by atoms with van der Waals surface area (Å²) >= 11 is 5.56. The van der Waals surface area contributed by atoms with Gasteiger partial charge in [0.15, 0.2) is 5.69 Å². The van der Waals surface area contributed by atoms with Gasteiger partial charge in [-0.1, -0.05) is 0 Å². The number of carbonyl (C=O) groups is 1. The lowest BCUT2D eigenvalue weighted by Gasteiger charge is -2.02. The molecule has 0 saturated heterocycles. The average molecular weight is 202 g/mol. The lowest BCUT2D eigenvalue weighted by molar-refractivity contribution is 0.0689. The van der Waals surface area contributed by atoms with Gasteiger partial charge in [-0.15, -0.1) is 11.6 Å². The summed E-state index contributed by atoms with van der Waals surface area (Å²) in [6, 6.07) is 3.01. The summed E-state index contributed by atoms with van der Waals surface area (Å²) < 4.78 is 4.81. The first-order chi connectivity index (χ1) is 6.17. The fourth-order valence-electron chi connectivity index (χ4n) is 0.850. The van der Waals surface area contributed by atoms with Crippen LogP contribution in [0.5, 0.6) is 5.88 Å². The molecule has 13 heavy (non-hydrogen) atoms. The first-order valence-electron chi connectivity index (χ1n) is 3.51. The van der Waals surface area contributed by atoms with E-state index in [0.29, 0.717) is 5.56 Å². The maximum atomic E-state index is 10.6. The highest BCUT2D eigenvalue weighted by Gasteiger charge is 2.08. The summed E-state index contributed by atoms with van der Waals surface area (Å²) in [5.41, 5.74) is 0.612. The van der Waals surface area contributed by atoms with Crippen LogP contribution in [0, 0.1) is 0 Å². The molecule has 0 radical (unpaired) electrons. The molecule has 0 saturated carbocycles. The topological polar surface area (TPSA) is 59.4 Å². The number of pyridine rings is 1. The quantitative estimate of drug-likeness (QED) is 0.754. The maximum Gasteiger partial charge on any atom is 0.354 e. The molecule has 70 valence electrons. The highest BCUT2D eigenvalue weighted by molar-refractivity contribution is 6.17. The van der Waals surface area contributed by atoms with Crippen molar-refractivity contribution in [2.24, 2.45) is 0 Å². The molecule has 0 unspecified atom stereocenters. The SMILES string of the molecule is COc1cc(CCl)cc(C(=O)O)n1. The van der Waals surface area contributed by atoms with E-state index >= 15 is 0 Å². The van der Waals surface area contributed by atoms with Crippen molar-refractivity contribution < 1.29 is 14.6 Å². The Morgan fingerprint density at radius 1 is 1.69 bits per heavy atom. The van der Waals surface area contributed by atoms with Crippen molar-refractivity contribution in [1.29, 1.82) is 0 Å². The summed E-state index contributed by atoms with van der Waals surface area (Å²) in [7, 11) is 1.42. The van der Waals surface area contributed by atoms with Crippen molar-refractivity contribution in [3.63, 3.8) is 0 Å². The third kappa shape index (κ3) is 2.32. The van der Waals surface area contributed by atoms with Gasteiger partial charge in [-0.25, -0.2) is 9.78 Å². The number of aromatic carboxylic acids is 1. The number of methoxy groups -OCH3 is 1. The normalized spacial score (nSPS) is 9.69. The van der Waals surface area contributed by atoms with Gasteiger partial charge in [0.05, 0.1) is 7.11 Å². The second-order valence-electron chi connectivity index (χ2n) is 2.34. The first kappa shape index (κ1) is 9.80. The summed E-state index contributed by atoms with van der Waals surface area (Å²) in [5.74, 6) is -0.597. The number of carboxylic acids is 1. The van der Waals surface area contributed by atoms with Crippen LogP contribution in [0.1, 0.15) is 16.1 Å². The van der Waals surface area contributed by atoms with Crippen LogP contribution in [0.15, 0.2) is 12.1 Å². The first-order valence-corrected chi connectivity index (χ1v) is 4.05. The van der Waals surface area contributed by atoms with Gasteiger partial charge in [0.2, 0.25) is 5.88 Å². The standard InChI is InChI=1S/C8H8ClNO3/c1-13-7-3-5(4-9)2-6(10-7)8(11)12/h2-3H,4H2,1H3,(H,11,12). The Balaban J connectivity index is 3.14. The van der Waals surface area contributed by atoms with Crippen molar-refractivity contribution in [3.8, 4) is 5.88 Å². The number of halogens is 1. The number of nitrogens with zero attached hydrogens (tertiary/aromatic N) is 1. The fraction of sp³-hybridized carbons (Fsp3) is 0.250. The third-order valence-corrected chi connectivity index (χ3v) is 1.75. The molecule has 1 heterocycles. The highest BCUT2D eigenvalue weighted by atomic mass is 35.5. The minimum Gasteiger partial charge on any atom is -0.481 e. The number of ether oxygens (including phenoxy) is 1.